The molecule has 1 spiro atoms. The highest BCUT2D eigenvalue weighted by molar-refractivity contribution is 6.08. The van der Waals surface area contributed by atoms with Crippen LogP contribution in [0.25, 0.3) is 0 Å². The molecule has 0 unspecified atom stereocenters. The third-order valence-electron chi connectivity index (χ3n) is 5.66. The molecule has 1 saturated heterocycles. The number of imide groups is 1. The number of nitrogens with one attached hydrogen (secondary N) is 1. The number of hydrogen-bond donors (Lipinski definition) is 1. The average molecular weight is 390 g/mol. The highest BCUT2D eigenvalue weighted by Crippen LogP contribution is 2.38. The molecule has 152 valence electrons. The third kappa shape index (κ3) is 3.63. The molecule has 1 heterocycles. The number of methoxy groups -OCH3 is 2. The van der Waals surface area contributed by atoms with E-state index in [1.54, 1.807) is 18.2 Å². The Kier molecular flexibility index (Phi) is 5.76. The van der Waals surface area contributed by atoms with Crippen molar-refractivity contribution < 1.29 is 28.6 Å². The van der Waals surface area contributed by atoms with E-state index >= 15 is 0 Å². The lowest BCUT2D eigenvalue weighted by Gasteiger charge is -2.36. The van der Waals surface area contributed by atoms with Crippen molar-refractivity contribution in [1.29, 1.82) is 0 Å². The van der Waals surface area contributed by atoms with E-state index < -0.39 is 24.1 Å². The summed E-state index contributed by atoms with van der Waals surface area (Å²) >= 11 is 0. The van der Waals surface area contributed by atoms with Gasteiger partial charge in [0, 0.05) is 5.56 Å². The van der Waals surface area contributed by atoms with E-state index in [1.807, 2.05) is 6.92 Å². The molecule has 1 aromatic carbocycles. The Bertz CT molecular complexity index is 780. The Hall–Kier alpha value is -2.77. The fourth-order valence-electron chi connectivity index (χ4n) is 3.97. The number of benzene rings is 1. The van der Waals surface area contributed by atoms with Gasteiger partial charge in [-0.3, -0.25) is 14.5 Å². The molecule has 1 N–H and O–H groups in total. The average Bonchev–Trinajstić information content (AvgIpc) is 2.93. The van der Waals surface area contributed by atoms with Gasteiger partial charge in [0.25, 0.3) is 5.91 Å². The summed E-state index contributed by atoms with van der Waals surface area (Å²) in [5.41, 5.74) is -0.254. The fourth-order valence-corrected chi connectivity index (χ4v) is 3.97. The lowest BCUT2D eigenvalue weighted by atomic mass is 9.73. The smallest absolute Gasteiger partial charge is 0.326 e. The molecule has 2 aliphatic rings. The molecule has 8 nitrogen and oxygen atoms in total. The zero-order valence-corrected chi connectivity index (χ0v) is 16.4. The molecule has 2 atom stereocenters. The Balaban J connectivity index is 1.64. The Morgan fingerprint density at radius 2 is 2.04 bits per heavy atom. The molecule has 2 fully saturated rings. The van der Waals surface area contributed by atoms with Crippen LogP contribution >= 0.6 is 0 Å². The molecule has 0 radical (unpaired) electrons. The van der Waals surface area contributed by atoms with Crippen LogP contribution in [0.4, 0.5) is 4.79 Å². The number of urea groups is 1. The van der Waals surface area contributed by atoms with Crippen LogP contribution in [0, 0.1) is 5.92 Å². The molecule has 8 heteroatoms. The molecule has 0 bridgehead atoms. The number of carbonyl (C=O) groups is 3. The summed E-state index contributed by atoms with van der Waals surface area (Å²) in [6.45, 7) is 1.50. The van der Waals surface area contributed by atoms with Gasteiger partial charge in [-0.15, -0.1) is 0 Å². The van der Waals surface area contributed by atoms with Gasteiger partial charge >= 0.3 is 12.0 Å². The second-order valence-electron chi connectivity index (χ2n) is 7.28. The quantitative estimate of drug-likeness (QED) is 0.591. The van der Waals surface area contributed by atoms with Crippen molar-refractivity contribution in [2.75, 3.05) is 20.8 Å². The molecule has 0 aromatic heterocycles. The number of esters is 1. The van der Waals surface area contributed by atoms with Gasteiger partial charge < -0.3 is 19.5 Å². The van der Waals surface area contributed by atoms with Crippen molar-refractivity contribution in [3.63, 3.8) is 0 Å². The molecule has 1 aromatic rings. The summed E-state index contributed by atoms with van der Waals surface area (Å²) in [6, 6.07) is 4.63. The van der Waals surface area contributed by atoms with Gasteiger partial charge in [-0.25, -0.2) is 4.79 Å². The van der Waals surface area contributed by atoms with E-state index in [2.05, 4.69) is 5.32 Å². The van der Waals surface area contributed by atoms with Crippen molar-refractivity contribution in [3.8, 4) is 11.5 Å². The van der Waals surface area contributed by atoms with Crippen molar-refractivity contribution >= 4 is 17.9 Å². The third-order valence-corrected chi connectivity index (χ3v) is 5.66. The van der Waals surface area contributed by atoms with E-state index in [0.717, 1.165) is 24.2 Å². The lowest BCUT2D eigenvalue weighted by molar-refractivity contribution is -0.149. The minimum absolute atomic E-state index is 0.0414. The Morgan fingerprint density at radius 1 is 1.25 bits per heavy atom. The van der Waals surface area contributed by atoms with E-state index in [4.69, 9.17) is 14.2 Å². The SMILES string of the molecule is COc1ccc(OC)c(COC(=O)CN2C(=O)N[C@@]3(CCCC[C@@H]3C)C2=O)c1. The standard InChI is InChI=1S/C20H26N2O6/c1-13-6-4-5-9-20(13)18(24)22(19(25)21-20)11-17(23)28-12-14-10-15(26-2)7-8-16(14)27-3/h7-8,10,13H,4-6,9,11-12H2,1-3H3,(H,21,25)/t13-,20+/m0/s1. The topological polar surface area (TPSA) is 94.2 Å². The number of nitrogens with zero attached hydrogens (tertiary/aromatic N) is 1. The van der Waals surface area contributed by atoms with Gasteiger partial charge in [0.2, 0.25) is 0 Å². The largest absolute Gasteiger partial charge is 0.497 e. The summed E-state index contributed by atoms with van der Waals surface area (Å²) in [4.78, 5) is 38.5. The summed E-state index contributed by atoms with van der Waals surface area (Å²) in [6.07, 6.45) is 3.39. The van der Waals surface area contributed by atoms with Gasteiger partial charge in [0.05, 0.1) is 14.2 Å². The van der Waals surface area contributed by atoms with Crippen LogP contribution < -0.4 is 14.8 Å². The molecule has 28 heavy (non-hydrogen) atoms. The van der Waals surface area contributed by atoms with Crippen molar-refractivity contribution in [2.24, 2.45) is 5.92 Å². The van der Waals surface area contributed by atoms with E-state index in [1.165, 1.54) is 14.2 Å². The monoisotopic (exact) mass is 390 g/mol. The maximum Gasteiger partial charge on any atom is 0.326 e. The molecule has 1 aliphatic heterocycles. The first kappa shape index (κ1) is 20.0. The number of carbonyl (C=O) groups excluding carboxylic acids is 3. The first-order valence-electron chi connectivity index (χ1n) is 9.42. The van der Waals surface area contributed by atoms with Gasteiger partial charge in [-0.05, 0) is 37.0 Å². The first-order valence-corrected chi connectivity index (χ1v) is 9.42. The van der Waals surface area contributed by atoms with Gasteiger partial charge in [0.1, 0.15) is 30.2 Å². The molecule has 1 aliphatic carbocycles. The van der Waals surface area contributed by atoms with Crippen LogP contribution in [-0.2, 0) is 20.9 Å². The van der Waals surface area contributed by atoms with Gasteiger partial charge in [-0.2, -0.15) is 0 Å². The van der Waals surface area contributed by atoms with Crippen molar-refractivity contribution in [2.45, 2.75) is 44.8 Å². The van der Waals surface area contributed by atoms with Gasteiger partial charge in [-0.1, -0.05) is 19.8 Å². The highest BCUT2D eigenvalue weighted by Gasteiger charge is 2.55. The molecule has 1 saturated carbocycles. The predicted molar refractivity (Wildman–Crippen MR) is 99.9 cm³/mol. The summed E-state index contributed by atoms with van der Waals surface area (Å²) in [5.74, 6) is 0.210. The number of amides is 3. The minimum atomic E-state index is -0.883. The fraction of sp³-hybridized carbons (Fsp3) is 0.550. The summed E-state index contributed by atoms with van der Waals surface area (Å²) < 4.78 is 15.7. The molecule has 3 amide bonds. The Morgan fingerprint density at radius 3 is 2.71 bits per heavy atom. The van der Waals surface area contributed by atoms with Crippen LogP contribution in [-0.4, -0.2) is 49.1 Å². The molecular formula is C20H26N2O6. The number of rotatable bonds is 6. The predicted octanol–water partition coefficient (Wildman–Crippen LogP) is 2.25. The normalized spacial score (nSPS) is 24.2. The van der Waals surface area contributed by atoms with E-state index in [0.29, 0.717) is 23.5 Å². The van der Waals surface area contributed by atoms with E-state index in [-0.39, 0.29) is 18.4 Å². The maximum atomic E-state index is 12.9. The maximum absolute atomic E-state index is 12.9. The highest BCUT2D eigenvalue weighted by atomic mass is 16.5. The Labute approximate surface area is 164 Å². The molecule has 3 rings (SSSR count). The van der Waals surface area contributed by atoms with Crippen LogP contribution in [0.1, 0.15) is 38.2 Å². The van der Waals surface area contributed by atoms with Gasteiger partial charge in [0.15, 0.2) is 0 Å². The van der Waals surface area contributed by atoms with Crippen molar-refractivity contribution in [3.05, 3.63) is 23.8 Å². The second kappa shape index (κ2) is 8.08. The number of ether oxygens (including phenoxy) is 3. The summed E-state index contributed by atoms with van der Waals surface area (Å²) in [5, 5.41) is 2.82. The first-order chi connectivity index (χ1) is 13.4. The second-order valence-corrected chi connectivity index (χ2v) is 7.28. The van der Waals surface area contributed by atoms with Crippen LogP contribution in [0.15, 0.2) is 18.2 Å². The van der Waals surface area contributed by atoms with Crippen molar-refractivity contribution in [1.82, 2.24) is 10.2 Å². The number of hydrogen-bond acceptors (Lipinski definition) is 6. The van der Waals surface area contributed by atoms with Crippen LogP contribution in [0.3, 0.4) is 0 Å². The zero-order valence-electron chi connectivity index (χ0n) is 16.4. The molecular weight excluding hydrogens is 364 g/mol. The minimum Gasteiger partial charge on any atom is -0.497 e. The van der Waals surface area contributed by atoms with Crippen LogP contribution in [0.2, 0.25) is 0 Å². The zero-order chi connectivity index (χ0) is 20.3. The van der Waals surface area contributed by atoms with E-state index in [9.17, 15) is 14.4 Å². The lowest BCUT2D eigenvalue weighted by Crippen LogP contribution is -2.54. The van der Waals surface area contributed by atoms with Crippen LogP contribution in [0.5, 0.6) is 11.5 Å². The summed E-state index contributed by atoms with van der Waals surface area (Å²) in [7, 11) is 3.06.